The molecule has 0 radical (unpaired) electrons. The summed E-state index contributed by atoms with van der Waals surface area (Å²) in [5.41, 5.74) is 2.63. The van der Waals surface area contributed by atoms with Crippen molar-refractivity contribution in [1.29, 1.82) is 0 Å². The molecule has 0 bridgehead atoms. The second-order valence-electron chi connectivity index (χ2n) is 5.57. The summed E-state index contributed by atoms with van der Waals surface area (Å²) < 4.78 is 4.48. The van der Waals surface area contributed by atoms with E-state index in [1.54, 1.807) is 0 Å². The van der Waals surface area contributed by atoms with E-state index in [0.717, 1.165) is 14.6 Å². The molecule has 26 heavy (non-hydrogen) atoms. The van der Waals surface area contributed by atoms with Crippen LogP contribution >= 0.6 is 15.9 Å². The molecule has 0 saturated heterocycles. The molecule has 1 aromatic carbocycles. The lowest BCUT2D eigenvalue weighted by Gasteiger charge is -2.06. The van der Waals surface area contributed by atoms with E-state index < -0.39 is 17.2 Å². The van der Waals surface area contributed by atoms with Crippen molar-refractivity contribution >= 4 is 39.2 Å². The van der Waals surface area contributed by atoms with Crippen LogP contribution in [0, 0.1) is 0 Å². The van der Waals surface area contributed by atoms with E-state index in [9.17, 15) is 14.4 Å². The number of halogens is 1. The third kappa shape index (κ3) is 3.23. The van der Waals surface area contributed by atoms with Crippen LogP contribution in [0.15, 0.2) is 49.8 Å². The zero-order valence-corrected chi connectivity index (χ0v) is 15.6. The summed E-state index contributed by atoms with van der Waals surface area (Å²) in [6.07, 6.45) is 2.86. The predicted octanol–water partition coefficient (Wildman–Crippen LogP) is 0.347. The van der Waals surface area contributed by atoms with Gasteiger partial charge in [0.2, 0.25) is 0 Å². The van der Waals surface area contributed by atoms with Crippen LogP contribution in [0.2, 0.25) is 0 Å². The van der Waals surface area contributed by atoms with Crippen LogP contribution in [-0.2, 0) is 25.4 Å². The number of carbonyl (C=O) groups excluding carboxylic acids is 1. The van der Waals surface area contributed by atoms with Gasteiger partial charge in [0.25, 0.3) is 11.5 Å². The number of hydrogen-bond donors (Lipinski definition) is 1. The highest BCUT2D eigenvalue weighted by molar-refractivity contribution is 9.10. The van der Waals surface area contributed by atoms with Crippen molar-refractivity contribution in [3.63, 3.8) is 0 Å². The molecule has 0 aliphatic rings. The van der Waals surface area contributed by atoms with E-state index in [4.69, 9.17) is 0 Å². The molecular formula is C16H15BrN6O3. The normalized spacial score (nSPS) is 11.3. The summed E-state index contributed by atoms with van der Waals surface area (Å²) in [6, 6.07) is 7.43. The molecule has 1 amide bonds. The van der Waals surface area contributed by atoms with Gasteiger partial charge in [-0.3, -0.25) is 18.7 Å². The summed E-state index contributed by atoms with van der Waals surface area (Å²) in [5.74, 6) is -0.427. The van der Waals surface area contributed by atoms with Gasteiger partial charge in [0, 0.05) is 24.1 Å². The molecule has 2 heterocycles. The van der Waals surface area contributed by atoms with Crippen molar-refractivity contribution in [1.82, 2.24) is 24.1 Å². The fraction of sp³-hybridized carbons (Fsp3) is 0.188. The first-order valence-corrected chi connectivity index (χ1v) is 8.36. The Kier molecular flexibility index (Phi) is 4.85. The third-order valence-corrected chi connectivity index (χ3v) is 4.55. The summed E-state index contributed by atoms with van der Waals surface area (Å²) in [5, 5.41) is 3.91. The molecule has 0 fully saturated rings. The minimum Gasteiger partial charge on any atom is -0.315 e. The number of hydrogen-bond acceptors (Lipinski definition) is 5. The number of aryl methyl sites for hydroxylation is 1. The molecule has 1 N–H and O–H groups in total. The van der Waals surface area contributed by atoms with E-state index in [1.165, 1.54) is 35.8 Å². The number of nitrogens with one attached hydrogen (secondary N) is 1. The molecule has 0 aliphatic carbocycles. The van der Waals surface area contributed by atoms with Crippen LogP contribution in [0.4, 0.5) is 0 Å². The molecule has 3 rings (SSSR count). The number of benzene rings is 1. The van der Waals surface area contributed by atoms with Gasteiger partial charge in [-0.25, -0.2) is 15.2 Å². The van der Waals surface area contributed by atoms with E-state index >= 15 is 0 Å². The van der Waals surface area contributed by atoms with Gasteiger partial charge in [0.15, 0.2) is 11.2 Å². The molecule has 0 aliphatic heterocycles. The first kappa shape index (κ1) is 17.8. The zero-order valence-electron chi connectivity index (χ0n) is 14.0. The predicted molar refractivity (Wildman–Crippen MR) is 100 cm³/mol. The summed E-state index contributed by atoms with van der Waals surface area (Å²) in [4.78, 5) is 40.4. The number of rotatable bonds is 4. The molecule has 0 saturated carbocycles. The van der Waals surface area contributed by atoms with Crippen LogP contribution < -0.4 is 16.7 Å². The molecule has 2 aromatic heterocycles. The minimum atomic E-state index is -0.509. The summed E-state index contributed by atoms with van der Waals surface area (Å²) in [7, 11) is 2.90. The lowest BCUT2D eigenvalue weighted by atomic mass is 10.2. The Morgan fingerprint density at radius 1 is 1.27 bits per heavy atom. The van der Waals surface area contributed by atoms with E-state index in [2.05, 4.69) is 31.4 Å². The lowest BCUT2D eigenvalue weighted by molar-refractivity contribution is -0.121. The van der Waals surface area contributed by atoms with Crippen LogP contribution in [0.3, 0.4) is 0 Å². The maximum atomic E-state index is 12.3. The third-order valence-electron chi connectivity index (χ3n) is 3.83. The SMILES string of the molecule is Cn1c(=O)c2c(ncn2CC(=O)NN=Cc2ccccc2Br)n(C)c1=O. The monoisotopic (exact) mass is 418 g/mol. The van der Waals surface area contributed by atoms with Gasteiger partial charge < -0.3 is 4.57 Å². The topological polar surface area (TPSA) is 103 Å². The Balaban J connectivity index is 1.81. The molecule has 0 atom stereocenters. The van der Waals surface area contributed by atoms with Gasteiger partial charge in [-0.05, 0) is 6.07 Å². The Hall–Kier alpha value is -3.01. The molecular weight excluding hydrogens is 404 g/mol. The average molecular weight is 419 g/mol. The van der Waals surface area contributed by atoms with Crippen molar-refractivity contribution < 1.29 is 4.79 Å². The number of nitrogens with zero attached hydrogens (tertiary/aromatic N) is 5. The zero-order chi connectivity index (χ0) is 18.8. The van der Waals surface area contributed by atoms with E-state index in [1.807, 2.05) is 24.3 Å². The Morgan fingerprint density at radius 3 is 2.73 bits per heavy atom. The summed E-state index contributed by atoms with van der Waals surface area (Å²) >= 11 is 3.39. The van der Waals surface area contributed by atoms with Gasteiger partial charge in [-0.1, -0.05) is 34.1 Å². The van der Waals surface area contributed by atoms with Crippen LogP contribution in [0.1, 0.15) is 5.56 Å². The maximum Gasteiger partial charge on any atom is 0.332 e. The molecule has 0 spiro atoms. The highest BCUT2D eigenvalue weighted by Gasteiger charge is 2.15. The first-order chi connectivity index (χ1) is 12.4. The van der Waals surface area contributed by atoms with Gasteiger partial charge in [-0.15, -0.1) is 0 Å². The van der Waals surface area contributed by atoms with Gasteiger partial charge in [0.05, 0.1) is 12.5 Å². The molecule has 0 unspecified atom stereocenters. The second-order valence-corrected chi connectivity index (χ2v) is 6.42. The molecule has 10 heteroatoms. The van der Waals surface area contributed by atoms with Crippen LogP contribution in [0.25, 0.3) is 11.2 Å². The number of hydrazone groups is 1. The van der Waals surface area contributed by atoms with Crippen molar-refractivity contribution in [2.75, 3.05) is 0 Å². The first-order valence-electron chi connectivity index (χ1n) is 7.57. The lowest BCUT2D eigenvalue weighted by Crippen LogP contribution is -2.38. The fourth-order valence-electron chi connectivity index (χ4n) is 2.46. The molecule has 9 nitrogen and oxygen atoms in total. The number of amides is 1. The smallest absolute Gasteiger partial charge is 0.315 e. The van der Waals surface area contributed by atoms with Gasteiger partial charge in [-0.2, -0.15) is 5.10 Å². The van der Waals surface area contributed by atoms with Gasteiger partial charge >= 0.3 is 5.69 Å². The van der Waals surface area contributed by atoms with Crippen molar-refractivity contribution in [2.45, 2.75) is 6.54 Å². The Morgan fingerprint density at radius 2 is 2.00 bits per heavy atom. The highest BCUT2D eigenvalue weighted by atomic mass is 79.9. The highest BCUT2D eigenvalue weighted by Crippen LogP contribution is 2.13. The largest absolute Gasteiger partial charge is 0.332 e. The maximum absolute atomic E-state index is 12.3. The van der Waals surface area contributed by atoms with Crippen LogP contribution in [-0.4, -0.2) is 30.8 Å². The van der Waals surface area contributed by atoms with Crippen molar-refractivity contribution in [3.8, 4) is 0 Å². The standard InChI is InChI=1S/C16H15BrN6O3/c1-21-14-13(15(25)22(2)16(21)26)23(9-18-14)8-12(24)20-19-7-10-5-3-4-6-11(10)17/h3-7,9H,8H2,1-2H3,(H,20,24). The van der Waals surface area contributed by atoms with Crippen molar-refractivity contribution in [3.05, 3.63) is 61.5 Å². The fourth-order valence-corrected chi connectivity index (χ4v) is 2.85. The Bertz CT molecular complexity index is 1140. The molecule has 3 aromatic rings. The number of fused-ring (bicyclic) bond motifs is 1. The summed E-state index contributed by atoms with van der Waals surface area (Å²) in [6.45, 7) is -0.156. The second kappa shape index (κ2) is 7.08. The van der Waals surface area contributed by atoms with Crippen molar-refractivity contribution in [2.24, 2.45) is 19.2 Å². The minimum absolute atomic E-state index is 0.156. The number of imidazole rings is 1. The number of aromatic nitrogens is 4. The average Bonchev–Trinajstić information content (AvgIpc) is 3.03. The number of carbonyl (C=O) groups is 1. The van der Waals surface area contributed by atoms with E-state index in [-0.39, 0.29) is 17.7 Å². The molecule has 134 valence electrons. The van der Waals surface area contributed by atoms with E-state index in [0.29, 0.717) is 0 Å². The quantitative estimate of drug-likeness (QED) is 0.487. The Labute approximate surface area is 155 Å². The van der Waals surface area contributed by atoms with Crippen LogP contribution in [0.5, 0.6) is 0 Å². The van der Waals surface area contributed by atoms with Gasteiger partial charge in [0.1, 0.15) is 6.54 Å².